The van der Waals surface area contributed by atoms with Gasteiger partial charge in [-0.15, -0.1) is 0 Å². The Morgan fingerprint density at radius 2 is 1.74 bits per heavy atom. The molecule has 5 aliphatic rings. The number of benzene rings is 1. The van der Waals surface area contributed by atoms with Crippen LogP contribution in [0.5, 0.6) is 0 Å². The second-order valence-corrected chi connectivity index (χ2v) is 14.4. The van der Waals surface area contributed by atoms with E-state index in [2.05, 4.69) is 30.6 Å². The van der Waals surface area contributed by atoms with Crippen LogP contribution in [0.3, 0.4) is 0 Å². The van der Waals surface area contributed by atoms with E-state index in [-0.39, 0.29) is 42.3 Å². The number of carbonyl (C=O) groups is 6. The van der Waals surface area contributed by atoms with E-state index in [4.69, 9.17) is 10.5 Å². The monoisotopic (exact) mass is 688 g/mol. The van der Waals surface area contributed by atoms with Crippen LogP contribution in [-0.2, 0) is 19.1 Å². The number of anilines is 2. The van der Waals surface area contributed by atoms with Crippen LogP contribution >= 0.6 is 0 Å². The summed E-state index contributed by atoms with van der Waals surface area (Å²) < 4.78 is 5.13. The van der Waals surface area contributed by atoms with Crippen LogP contribution in [0.15, 0.2) is 24.3 Å². The first-order chi connectivity index (χ1) is 24.1. The number of nitrogens with two attached hydrogens (primary N) is 1. The highest BCUT2D eigenvalue weighted by molar-refractivity contribution is 6.23. The number of primary amides is 1. The molecule has 15 heteroatoms. The third-order valence-electron chi connectivity index (χ3n) is 11.0. The summed E-state index contributed by atoms with van der Waals surface area (Å²) in [5, 5.41) is 12.5. The van der Waals surface area contributed by atoms with Gasteiger partial charge in [0.1, 0.15) is 12.1 Å². The number of likely N-dealkylation sites (tertiary alicyclic amines) is 1. The molecule has 5 heterocycles. The maximum absolute atomic E-state index is 13.3. The first-order valence-corrected chi connectivity index (χ1v) is 17.8. The lowest BCUT2D eigenvalue weighted by Gasteiger charge is -2.38. The topological polar surface area (TPSA) is 200 Å². The Labute approximate surface area is 289 Å². The second kappa shape index (κ2) is 14.2. The summed E-state index contributed by atoms with van der Waals surface area (Å²) in [6, 6.07) is 6.19. The number of ether oxygens (including phenoxy) is 1. The fraction of sp³-hybridized carbons (Fsp3) is 0.571. The number of nitrogens with zero attached hydrogens (tertiary/aromatic N) is 4. The summed E-state index contributed by atoms with van der Waals surface area (Å²) in [5.41, 5.74) is 7.54. The molecule has 5 N–H and O–H groups in total. The molecule has 4 aliphatic heterocycles. The van der Waals surface area contributed by atoms with E-state index in [0.29, 0.717) is 30.1 Å². The van der Waals surface area contributed by atoms with Gasteiger partial charge in [0.2, 0.25) is 17.7 Å². The van der Waals surface area contributed by atoms with E-state index in [1.807, 2.05) is 12.1 Å². The predicted molar refractivity (Wildman–Crippen MR) is 180 cm³/mol. The van der Waals surface area contributed by atoms with Crippen molar-refractivity contribution in [1.29, 1.82) is 0 Å². The molecule has 1 aromatic heterocycles. The van der Waals surface area contributed by atoms with Crippen molar-refractivity contribution in [2.24, 2.45) is 17.6 Å². The van der Waals surface area contributed by atoms with Gasteiger partial charge in [0.05, 0.1) is 11.1 Å². The van der Waals surface area contributed by atoms with Crippen LogP contribution in [0, 0.1) is 11.8 Å². The summed E-state index contributed by atoms with van der Waals surface area (Å²) in [6.45, 7) is 4.54. The number of fused-ring (bicyclic) bond motifs is 1. The molecular formula is C35H44N8O7. The molecule has 4 fully saturated rings. The Bertz CT molecular complexity index is 1680. The lowest BCUT2D eigenvalue weighted by Crippen LogP contribution is -2.54. The normalized spacial score (nSPS) is 26.2. The largest absolute Gasteiger partial charge is 0.446 e. The summed E-state index contributed by atoms with van der Waals surface area (Å²) in [4.78, 5) is 80.1. The van der Waals surface area contributed by atoms with Crippen molar-refractivity contribution in [2.45, 2.75) is 82.3 Å². The van der Waals surface area contributed by atoms with Crippen molar-refractivity contribution in [3.05, 3.63) is 41.1 Å². The molecular weight excluding hydrogens is 644 g/mol. The number of nitrogens with one attached hydrogen (secondary N) is 3. The summed E-state index contributed by atoms with van der Waals surface area (Å²) in [6.07, 6.45) is 6.05. The number of amides is 6. The number of piperidine rings is 3. The minimum atomic E-state index is -0.976. The van der Waals surface area contributed by atoms with Gasteiger partial charge in [-0.25, -0.2) is 4.79 Å². The third-order valence-corrected chi connectivity index (χ3v) is 11.0. The van der Waals surface area contributed by atoms with E-state index in [9.17, 15) is 28.8 Å². The fourth-order valence-corrected chi connectivity index (χ4v) is 8.44. The maximum Gasteiger partial charge on any atom is 0.404 e. The highest BCUT2D eigenvalue weighted by atomic mass is 16.6. The van der Waals surface area contributed by atoms with Crippen LogP contribution in [0.4, 0.5) is 16.3 Å². The van der Waals surface area contributed by atoms with Crippen molar-refractivity contribution in [3.8, 4) is 0 Å². The van der Waals surface area contributed by atoms with Crippen LogP contribution in [0.1, 0.15) is 96.5 Å². The number of carbonyl (C=O) groups excluding carboxylic acids is 6. The second-order valence-electron chi connectivity index (χ2n) is 14.4. The van der Waals surface area contributed by atoms with Gasteiger partial charge in [0.15, 0.2) is 5.82 Å². The summed E-state index contributed by atoms with van der Waals surface area (Å²) in [5.74, 6) is -0.557. The number of rotatable bonds is 9. The Morgan fingerprint density at radius 3 is 2.52 bits per heavy atom. The van der Waals surface area contributed by atoms with Crippen molar-refractivity contribution < 1.29 is 33.5 Å². The molecule has 4 atom stereocenters. The third kappa shape index (κ3) is 7.23. The molecule has 50 heavy (non-hydrogen) atoms. The van der Waals surface area contributed by atoms with Crippen molar-refractivity contribution >= 4 is 47.1 Å². The van der Waals surface area contributed by atoms with E-state index < -0.39 is 35.8 Å². The number of H-pyrrole nitrogens is 1. The predicted octanol–water partition coefficient (Wildman–Crippen LogP) is 2.50. The Hall–Kier alpha value is -4.79. The zero-order chi connectivity index (χ0) is 34.9. The number of hydrogen-bond donors (Lipinski definition) is 4. The van der Waals surface area contributed by atoms with Gasteiger partial charge in [-0.1, -0.05) is 0 Å². The molecule has 0 radical (unpaired) electrons. The SMILES string of the molecule is NC(=O)O[C@H]1CC[C@@H](c2cc(NC(=O)CC3CCCN(CC4CCN(c5ccc6c(c5)C(=O)N(C5CCC(=O)NC5=O)C6=O)CC4)C3)n[nH]2)C1. The van der Waals surface area contributed by atoms with Gasteiger partial charge in [-0.2, -0.15) is 5.10 Å². The first kappa shape index (κ1) is 33.7. The average Bonchev–Trinajstić information content (AvgIpc) is 3.80. The van der Waals surface area contributed by atoms with Crippen LogP contribution in [0.2, 0.25) is 0 Å². The van der Waals surface area contributed by atoms with Crippen LogP contribution in [0.25, 0.3) is 0 Å². The average molecular weight is 689 g/mol. The van der Waals surface area contributed by atoms with E-state index in [1.54, 1.807) is 12.1 Å². The Kier molecular flexibility index (Phi) is 9.58. The molecule has 0 bridgehead atoms. The molecule has 0 spiro atoms. The standard InChI is InChI=1S/C35H44N8O7/c36-35(49)50-24-5-3-22(15-24)27-17-29(40-39-27)37-31(45)14-21-2-1-11-41(19-21)18-20-9-12-42(13-10-20)23-4-6-25-26(16-23)34(48)43(33(25)47)28-7-8-30(44)38-32(28)46/h4,6,16-17,20-22,24,28H,1-3,5,7-15,18-19H2,(H2,36,49)(H,38,44,46)(H2,37,39,40,45)/t21?,22-,24+,28?/m1/s1. The smallest absolute Gasteiger partial charge is 0.404 e. The van der Waals surface area contributed by atoms with E-state index in [1.165, 1.54) is 0 Å². The van der Waals surface area contributed by atoms with Gasteiger partial charge >= 0.3 is 6.09 Å². The molecule has 1 saturated carbocycles. The minimum Gasteiger partial charge on any atom is -0.446 e. The molecule has 15 nitrogen and oxygen atoms in total. The van der Waals surface area contributed by atoms with Gasteiger partial charge in [0.25, 0.3) is 11.8 Å². The van der Waals surface area contributed by atoms with Crippen LogP contribution in [-0.4, -0.2) is 100 Å². The summed E-state index contributed by atoms with van der Waals surface area (Å²) in [7, 11) is 0. The first-order valence-electron chi connectivity index (χ1n) is 17.8. The number of aromatic amines is 1. The summed E-state index contributed by atoms with van der Waals surface area (Å²) >= 11 is 0. The minimum absolute atomic E-state index is 0.0423. The van der Waals surface area contributed by atoms with Gasteiger partial charge in [-0.3, -0.25) is 39.3 Å². The molecule has 2 aromatic rings. The van der Waals surface area contributed by atoms with Gasteiger partial charge in [0, 0.05) is 62.4 Å². The van der Waals surface area contributed by atoms with Crippen LogP contribution < -0.4 is 21.3 Å². The maximum atomic E-state index is 13.3. The molecule has 266 valence electrons. The van der Waals surface area contributed by atoms with Crippen molar-refractivity contribution in [1.82, 2.24) is 25.3 Å². The quantitative estimate of drug-likeness (QED) is 0.284. The molecule has 2 unspecified atom stereocenters. The zero-order valence-electron chi connectivity index (χ0n) is 28.0. The molecule has 1 aromatic carbocycles. The molecule has 6 amide bonds. The molecule has 3 saturated heterocycles. The van der Waals surface area contributed by atoms with E-state index >= 15 is 0 Å². The number of hydrogen-bond acceptors (Lipinski definition) is 10. The zero-order valence-corrected chi connectivity index (χ0v) is 28.0. The number of aromatic nitrogens is 2. The van der Waals surface area contributed by atoms with Crippen molar-refractivity contribution in [3.63, 3.8) is 0 Å². The lowest BCUT2D eigenvalue weighted by molar-refractivity contribution is -0.136. The van der Waals surface area contributed by atoms with Gasteiger partial charge < -0.3 is 25.6 Å². The molecule has 7 rings (SSSR count). The highest BCUT2D eigenvalue weighted by Gasteiger charge is 2.45. The molecule has 1 aliphatic carbocycles. The Morgan fingerprint density at radius 1 is 0.940 bits per heavy atom. The van der Waals surface area contributed by atoms with Crippen molar-refractivity contribution in [2.75, 3.05) is 42.9 Å². The van der Waals surface area contributed by atoms with E-state index in [0.717, 1.165) is 87.5 Å². The highest BCUT2D eigenvalue weighted by Crippen LogP contribution is 2.36. The lowest BCUT2D eigenvalue weighted by atomic mass is 9.91. The fourth-order valence-electron chi connectivity index (χ4n) is 8.44. The number of imide groups is 2. The Balaban J connectivity index is 0.862. The van der Waals surface area contributed by atoms with Gasteiger partial charge in [-0.05, 0) is 87.9 Å².